The van der Waals surface area contributed by atoms with Crippen molar-refractivity contribution in [1.29, 1.82) is 0 Å². The number of rotatable bonds is 48. The van der Waals surface area contributed by atoms with Gasteiger partial charge in [0.1, 0.15) is 11.5 Å². The molecule has 4 heterocycles. The van der Waals surface area contributed by atoms with Crippen molar-refractivity contribution in [3.05, 3.63) is 63.4 Å². The van der Waals surface area contributed by atoms with Crippen molar-refractivity contribution in [3.63, 3.8) is 0 Å². The second-order valence-corrected chi connectivity index (χ2v) is 21.6. The molecule has 2 aromatic heterocycles. The van der Waals surface area contributed by atoms with E-state index in [-0.39, 0.29) is 84.5 Å². The number of hydrogen-bond acceptors (Lipinski definition) is 23. The zero-order chi connectivity index (χ0) is 61.5. The maximum atomic E-state index is 13.5. The second kappa shape index (κ2) is 45.9. The number of carbonyl (C=O) groups is 1. The molecule has 33 heteroatoms. The predicted octanol–water partition coefficient (Wildman–Crippen LogP) is 4.77. The van der Waals surface area contributed by atoms with Crippen molar-refractivity contribution < 1.29 is 137 Å². The summed E-state index contributed by atoms with van der Waals surface area (Å²) in [7, 11) is 0.535. The largest absolute Gasteiger partial charge is 0.661 e. The summed E-state index contributed by atoms with van der Waals surface area (Å²) in [5.74, 6) is -5.06. The fraction of sp³-hybridized carbons (Fsp3) is 0.778. The summed E-state index contributed by atoms with van der Waals surface area (Å²) >= 11 is 5.69. The van der Waals surface area contributed by atoms with E-state index in [2.05, 4.69) is 35.6 Å². The molecule has 1 spiro atoms. The van der Waals surface area contributed by atoms with Gasteiger partial charge in [-0.15, -0.1) is 23.4 Å². The third-order valence-corrected chi connectivity index (χ3v) is 14.9. The monoisotopic (exact) mass is 1360 g/mol. The van der Waals surface area contributed by atoms with Crippen LogP contribution in [0, 0.1) is 22.9 Å². The molecule has 2 aliphatic heterocycles. The van der Waals surface area contributed by atoms with Gasteiger partial charge in [0.05, 0.1) is 196 Å². The number of aliphatic hydroxyl groups excluding tert-OH is 1. The van der Waals surface area contributed by atoms with Crippen molar-refractivity contribution >= 4 is 31.9 Å². The van der Waals surface area contributed by atoms with E-state index in [1.165, 1.54) is 33.0 Å². The first-order valence-electron chi connectivity index (χ1n) is 28.8. The number of methoxy groups -OCH3 is 1. The van der Waals surface area contributed by atoms with Gasteiger partial charge in [-0.05, 0) is 55.3 Å². The fourth-order valence-corrected chi connectivity index (χ4v) is 9.63. The number of nitrogens with zero attached hydrogens (tertiary/aromatic N) is 7. The number of ether oxygens (including phenoxy) is 15. The molecule has 3 atom stereocenters. The molecule has 3 aromatic rings. The van der Waals surface area contributed by atoms with Gasteiger partial charge in [-0.1, -0.05) is 5.21 Å². The normalized spacial score (nSPS) is 17.3. The van der Waals surface area contributed by atoms with Crippen LogP contribution < -0.4 is 10.1 Å². The van der Waals surface area contributed by atoms with E-state index in [0.29, 0.717) is 174 Å². The first-order chi connectivity index (χ1) is 41.9. The molecule has 3 fully saturated rings. The quantitative estimate of drug-likeness (QED) is 0.0256. The van der Waals surface area contributed by atoms with E-state index in [4.69, 9.17) is 78.1 Å². The van der Waals surface area contributed by atoms with E-state index >= 15 is 0 Å². The number of carbonyl (C=O) groups excluding carboxylic acids is 1. The SMILES string of the molecule is C[N-]Cc1cnn(C2CCC(COC(CO)(COC)P(O)O)O2)c1[N-]Cl.O=C(CCOCCOCCOCCOCCOCCOCCn1cc(COCCOCCOCCOCCOC2CCC3(CC2)CNC3)nn1)Oc1c(F)cc(F)cc1F.[Y]. The van der Waals surface area contributed by atoms with Gasteiger partial charge in [0.15, 0.2) is 17.0 Å². The van der Waals surface area contributed by atoms with Gasteiger partial charge in [0.2, 0.25) is 14.1 Å². The number of nitrogens with one attached hydrogen (secondary N) is 1. The van der Waals surface area contributed by atoms with E-state index in [1.807, 2.05) is 6.20 Å². The number of hydrogen-bond donors (Lipinski definition) is 4. The van der Waals surface area contributed by atoms with Crippen LogP contribution in [-0.4, -0.2) is 242 Å². The number of esters is 1. The maximum absolute atomic E-state index is 13.5. The average Bonchev–Trinajstić information content (AvgIpc) is 3.34. The van der Waals surface area contributed by atoms with Crippen molar-refractivity contribution in [2.24, 2.45) is 5.41 Å². The van der Waals surface area contributed by atoms with Crippen LogP contribution in [0.15, 0.2) is 24.5 Å². The molecule has 1 aromatic carbocycles. The Labute approximate surface area is 537 Å². The van der Waals surface area contributed by atoms with E-state index < -0.39 is 49.5 Å². The summed E-state index contributed by atoms with van der Waals surface area (Å²) in [6.07, 6.45) is 9.17. The minimum atomic E-state index is -2.55. The fourth-order valence-electron chi connectivity index (χ4n) is 8.88. The Morgan fingerprint density at radius 3 is 1.84 bits per heavy atom. The van der Waals surface area contributed by atoms with Crippen LogP contribution in [-0.2, 0) is 124 Å². The molecular weight excluding hydrogens is 1280 g/mol. The Balaban J connectivity index is 0.000000500. The molecule has 4 N–H and O–H groups in total. The van der Waals surface area contributed by atoms with E-state index in [0.717, 1.165) is 24.1 Å². The second-order valence-electron chi connectivity index (χ2n) is 20.1. The Morgan fingerprint density at radius 1 is 0.793 bits per heavy atom. The molecule has 0 amide bonds. The summed E-state index contributed by atoms with van der Waals surface area (Å²) in [5.41, 5.74) is 2.10. The summed E-state index contributed by atoms with van der Waals surface area (Å²) in [6.45, 7) is 11.4. The molecule has 87 heavy (non-hydrogen) atoms. The molecule has 1 saturated carbocycles. The summed E-state index contributed by atoms with van der Waals surface area (Å²) in [4.78, 5) is 34.6. The number of aliphatic hydroxyl groups is 1. The molecular formula is C54H87ClF3N8O19PY-2. The van der Waals surface area contributed by atoms with Crippen molar-refractivity contribution in [1.82, 2.24) is 30.1 Å². The van der Waals surface area contributed by atoms with Gasteiger partial charge >= 0.3 is 5.97 Å². The van der Waals surface area contributed by atoms with Crippen LogP contribution in [0.5, 0.6) is 5.75 Å². The van der Waals surface area contributed by atoms with Gasteiger partial charge in [0.25, 0.3) is 0 Å². The van der Waals surface area contributed by atoms with Crippen molar-refractivity contribution in [2.45, 2.75) is 88.4 Å². The topological polar surface area (TPSA) is 305 Å². The summed E-state index contributed by atoms with van der Waals surface area (Å²) < 4.78 is 125. The minimum Gasteiger partial charge on any atom is -0.661 e. The molecule has 0 bridgehead atoms. The molecule has 495 valence electrons. The Morgan fingerprint density at radius 2 is 1.33 bits per heavy atom. The van der Waals surface area contributed by atoms with Crippen molar-refractivity contribution in [3.8, 4) is 5.75 Å². The molecule has 3 unspecified atom stereocenters. The first kappa shape index (κ1) is 77.1. The third kappa shape index (κ3) is 29.9. The molecule has 6 rings (SSSR count). The predicted molar refractivity (Wildman–Crippen MR) is 303 cm³/mol. The Kier molecular flexibility index (Phi) is 40.7. The number of aromatic nitrogens is 5. The molecule has 2 saturated heterocycles. The van der Waals surface area contributed by atoms with Gasteiger partial charge in [-0.25, -0.2) is 17.9 Å². The number of halogens is 4. The molecule has 3 aliphatic rings. The van der Waals surface area contributed by atoms with Crippen LogP contribution >= 0.6 is 20.2 Å². The zero-order valence-corrected chi connectivity index (χ0v) is 54.3. The van der Waals surface area contributed by atoms with Gasteiger partial charge in [-0.3, -0.25) is 9.89 Å². The van der Waals surface area contributed by atoms with Gasteiger partial charge in [-0.2, -0.15) is 7.05 Å². The van der Waals surface area contributed by atoms with Crippen LogP contribution in [0.4, 0.5) is 19.0 Å². The molecule has 27 nitrogen and oxygen atoms in total. The van der Waals surface area contributed by atoms with E-state index in [1.54, 1.807) is 22.6 Å². The summed E-state index contributed by atoms with van der Waals surface area (Å²) in [6, 6.07) is 0.853. The standard InChI is InChI=1S/C40H63F3N4O13.C14H24ClN4O6P.Y/c41-33-27-36(42)39(37(43)28-33)60-38(48)3-7-49-9-11-51-13-15-53-17-18-54-16-14-52-12-10-50-8-6-47-29-34(45-46-47)30-58-24-23-56-20-19-55-21-22-57-25-26-59-35-1-4-40(5-2-35)31-44-32-40;1-16-5-10-6-17-19(13(10)18-15)12-4-3-11(25-12)7-24-14(8-20,9-23-2)26(21)22;/h27-29,35,44H,1-26,30-32H2;6,11-12,20-22H,3-5,7-9H2,1-2H3;/q;-2;. The van der Waals surface area contributed by atoms with Gasteiger partial charge in [0, 0.05) is 71.2 Å². The number of benzene rings is 1. The Hall–Kier alpha value is -2.31. The molecule has 1 radical (unpaired) electrons. The minimum absolute atomic E-state index is 0. The Bertz CT molecular complexity index is 2250. The van der Waals surface area contributed by atoms with Gasteiger partial charge < -0.3 is 106 Å². The van der Waals surface area contributed by atoms with Crippen LogP contribution in [0.2, 0.25) is 0 Å². The summed E-state index contributed by atoms with van der Waals surface area (Å²) in [5, 5.41) is 27.9. The van der Waals surface area contributed by atoms with Crippen molar-refractivity contribution in [2.75, 3.05) is 179 Å². The smallest absolute Gasteiger partial charge is 0.313 e. The zero-order valence-electron chi connectivity index (χ0n) is 49.8. The van der Waals surface area contributed by atoms with E-state index in [9.17, 15) is 32.9 Å². The maximum Gasteiger partial charge on any atom is 0.313 e. The molecule has 1 aliphatic carbocycles. The third-order valence-electron chi connectivity index (χ3n) is 13.6. The van der Waals surface area contributed by atoms with Crippen LogP contribution in [0.3, 0.4) is 0 Å². The first-order valence-corrected chi connectivity index (χ1v) is 30.4. The average molecular weight is 1360 g/mol. The van der Waals surface area contributed by atoms with Crippen LogP contribution in [0.1, 0.15) is 62.4 Å². The van der Waals surface area contributed by atoms with Crippen LogP contribution in [0.25, 0.3) is 10.2 Å².